The van der Waals surface area contributed by atoms with E-state index in [0.29, 0.717) is 6.42 Å². The molecule has 2 N–H and O–H groups in total. The Hall–Kier alpha value is -3.48. The Labute approximate surface area is 201 Å². The van der Waals surface area contributed by atoms with Crippen LogP contribution in [0.4, 0.5) is 0 Å². The van der Waals surface area contributed by atoms with E-state index in [0.717, 1.165) is 11.1 Å². The van der Waals surface area contributed by atoms with E-state index in [9.17, 15) is 19.2 Å². The van der Waals surface area contributed by atoms with Gasteiger partial charge in [0.1, 0.15) is 6.04 Å². The highest BCUT2D eigenvalue weighted by Crippen LogP contribution is 2.25. The summed E-state index contributed by atoms with van der Waals surface area (Å²) in [5.74, 6) is -3.11. The maximum absolute atomic E-state index is 13.5. The van der Waals surface area contributed by atoms with Gasteiger partial charge in [0, 0.05) is 0 Å². The number of hydrogen-bond acceptors (Lipinski definition) is 5. The molecule has 0 heterocycles. The summed E-state index contributed by atoms with van der Waals surface area (Å²) < 4.78 is 4.78. The Bertz CT molecular complexity index is 920. The third-order valence-corrected chi connectivity index (χ3v) is 5.39. The van der Waals surface area contributed by atoms with Gasteiger partial charge in [0.25, 0.3) is 5.78 Å². The van der Waals surface area contributed by atoms with Crippen LogP contribution >= 0.6 is 0 Å². The maximum atomic E-state index is 13.5. The van der Waals surface area contributed by atoms with Gasteiger partial charge in [-0.25, -0.2) is 4.79 Å². The number of nitrogens with one attached hydrogen (secondary N) is 2. The standard InChI is InChI=1S/C27H34N2O5/c1-5-21(24(30)27(33)34-6-2)28-25(31)22(17-18(3)4)29-26(32)23(19-13-9-7-10-14-19)20-15-11-8-12-16-20/h7-16,18,21-23H,5-6,17H2,1-4H3,(H,28,31)(H,29,32)/t21?,22-/m0/s1. The molecule has 7 nitrogen and oxygen atoms in total. The van der Waals surface area contributed by atoms with Crippen molar-refractivity contribution in [3.8, 4) is 0 Å². The molecule has 0 aromatic heterocycles. The second-order valence-electron chi connectivity index (χ2n) is 8.50. The zero-order valence-electron chi connectivity index (χ0n) is 20.2. The van der Waals surface area contributed by atoms with Crippen molar-refractivity contribution in [2.45, 2.75) is 58.5 Å². The molecule has 0 saturated carbocycles. The lowest BCUT2D eigenvalue weighted by Gasteiger charge is -2.25. The second-order valence-corrected chi connectivity index (χ2v) is 8.50. The van der Waals surface area contributed by atoms with Crippen LogP contribution in [0.5, 0.6) is 0 Å². The molecule has 0 spiro atoms. The fourth-order valence-electron chi connectivity index (χ4n) is 3.71. The lowest BCUT2D eigenvalue weighted by Crippen LogP contribution is -2.53. The van der Waals surface area contributed by atoms with Gasteiger partial charge in [0.2, 0.25) is 11.8 Å². The zero-order valence-corrected chi connectivity index (χ0v) is 20.2. The van der Waals surface area contributed by atoms with Gasteiger partial charge in [0.15, 0.2) is 0 Å². The summed E-state index contributed by atoms with van der Waals surface area (Å²) in [4.78, 5) is 50.9. The second kappa shape index (κ2) is 13.3. The van der Waals surface area contributed by atoms with Crippen LogP contribution in [-0.4, -0.2) is 42.3 Å². The smallest absolute Gasteiger partial charge is 0.376 e. The number of carbonyl (C=O) groups excluding carboxylic acids is 4. The Morgan fingerprint density at radius 1 is 0.765 bits per heavy atom. The Morgan fingerprint density at radius 3 is 1.71 bits per heavy atom. The molecule has 34 heavy (non-hydrogen) atoms. The first kappa shape index (κ1) is 26.8. The number of esters is 1. The van der Waals surface area contributed by atoms with E-state index >= 15 is 0 Å². The number of rotatable bonds is 12. The van der Waals surface area contributed by atoms with Crippen molar-refractivity contribution in [3.63, 3.8) is 0 Å². The lowest BCUT2D eigenvalue weighted by atomic mass is 9.90. The van der Waals surface area contributed by atoms with Gasteiger partial charge in [-0.15, -0.1) is 0 Å². The number of hydrogen-bond donors (Lipinski definition) is 2. The van der Waals surface area contributed by atoms with E-state index in [2.05, 4.69) is 10.6 Å². The average molecular weight is 467 g/mol. The molecule has 2 amide bonds. The zero-order chi connectivity index (χ0) is 25.1. The van der Waals surface area contributed by atoms with Crippen LogP contribution in [0.25, 0.3) is 0 Å². The van der Waals surface area contributed by atoms with E-state index in [-0.39, 0.29) is 24.9 Å². The van der Waals surface area contributed by atoms with E-state index < -0.39 is 35.7 Å². The summed E-state index contributed by atoms with van der Waals surface area (Å²) >= 11 is 0. The van der Waals surface area contributed by atoms with Crippen molar-refractivity contribution in [2.75, 3.05) is 6.61 Å². The minimum absolute atomic E-state index is 0.0708. The molecule has 2 rings (SSSR count). The van der Waals surface area contributed by atoms with Crippen LogP contribution in [0.1, 0.15) is 57.6 Å². The number of Topliss-reactive ketones (excluding diaryl/α,β-unsaturated/α-hetero) is 1. The minimum Gasteiger partial charge on any atom is -0.460 e. The number of benzene rings is 2. The summed E-state index contributed by atoms with van der Waals surface area (Å²) in [6.45, 7) is 7.26. The Balaban J connectivity index is 2.26. The molecule has 0 fully saturated rings. The first-order valence-corrected chi connectivity index (χ1v) is 11.7. The van der Waals surface area contributed by atoms with E-state index in [1.807, 2.05) is 74.5 Å². The molecule has 182 valence electrons. The van der Waals surface area contributed by atoms with Gasteiger partial charge >= 0.3 is 5.97 Å². The number of ketones is 1. The molecule has 0 saturated heterocycles. The summed E-state index contributed by atoms with van der Waals surface area (Å²) in [6.07, 6.45) is 0.598. The SMILES string of the molecule is CCOC(=O)C(=O)C(CC)NC(=O)[C@H](CC(C)C)NC(=O)C(c1ccccc1)c1ccccc1. The van der Waals surface area contributed by atoms with Crippen molar-refractivity contribution in [1.29, 1.82) is 0 Å². The van der Waals surface area contributed by atoms with Crippen molar-refractivity contribution in [2.24, 2.45) is 5.92 Å². The molecule has 2 aromatic carbocycles. The molecule has 0 aliphatic heterocycles. The topological polar surface area (TPSA) is 102 Å². The normalized spacial score (nSPS) is 12.6. The molecule has 2 atom stereocenters. The van der Waals surface area contributed by atoms with Crippen LogP contribution in [0, 0.1) is 5.92 Å². The fourth-order valence-corrected chi connectivity index (χ4v) is 3.71. The van der Waals surface area contributed by atoms with Gasteiger partial charge in [-0.2, -0.15) is 0 Å². The molecule has 1 unspecified atom stereocenters. The third kappa shape index (κ3) is 7.54. The molecule has 0 radical (unpaired) electrons. The molecule has 2 aromatic rings. The van der Waals surface area contributed by atoms with E-state index in [1.165, 1.54) is 0 Å². The van der Waals surface area contributed by atoms with Gasteiger partial charge in [0.05, 0.1) is 18.6 Å². The number of carbonyl (C=O) groups is 4. The number of amides is 2. The monoisotopic (exact) mass is 466 g/mol. The molecular weight excluding hydrogens is 432 g/mol. The molecule has 0 aliphatic carbocycles. The Morgan fingerprint density at radius 2 is 1.26 bits per heavy atom. The molecule has 7 heteroatoms. The molecule has 0 bridgehead atoms. The quantitative estimate of drug-likeness (QED) is 0.369. The summed E-state index contributed by atoms with van der Waals surface area (Å²) in [5, 5.41) is 5.52. The van der Waals surface area contributed by atoms with Gasteiger partial charge in [-0.3, -0.25) is 14.4 Å². The molecule has 0 aliphatic rings. The van der Waals surface area contributed by atoms with Crippen molar-refractivity contribution in [3.05, 3.63) is 71.8 Å². The third-order valence-electron chi connectivity index (χ3n) is 5.39. The predicted octanol–water partition coefficient (Wildman–Crippen LogP) is 3.38. The first-order chi connectivity index (χ1) is 16.3. The number of ether oxygens (including phenoxy) is 1. The van der Waals surface area contributed by atoms with Crippen molar-refractivity contribution in [1.82, 2.24) is 10.6 Å². The van der Waals surface area contributed by atoms with Crippen LogP contribution < -0.4 is 10.6 Å². The highest BCUT2D eigenvalue weighted by atomic mass is 16.5. The lowest BCUT2D eigenvalue weighted by molar-refractivity contribution is -0.154. The van der Waals surface area contributed by atoms with Crippen molar-refractivity contribution < 1.29 is 23.9 Å². The van der Waals surface area contributed by atoms with Gasteiger partial charge < -0.3 is 15.4 Å². The largest absolute Gasteiger partial charge is 0.460 e. The first-order valence-electron chi connectivity index (χ1n) is 11.7. The average Bonchev–Trinajstić information content (AvgIpc) is 2.83. The van der Waals surface area contributed by atoms with Crippen LogP contribution in [0.3, 0.4) is 0 Å². The van der Waals surface area contributed by atoms with Crippen LogP contribution in [-0.2, 0) is 23.9 Å². The van der Waals surface area contributed by atoms with Crippen LogP contribution in [0.2, 0.25) is 0 Å². The summed E-state index contributed by atoms with van der Waals surface area (Å²) in [5.41, 5.74) is 1.61. The molecular formula is C27H34N2O5. The summed E-state index contributed by atoms with van der Waals surface area (Å²) in [6, 6.07) is 16.8. The highest BCUT2D eigenvalue weighted by Gasteiger charge is 2.32. The predicted molar refractivity (Wildman–Crippen MR) is 130 cm³/mol. The fraction of sp³-hybridized carbons (Fsp3) is 0.407. The van der Waals surface area contributed by atoms with E-state index in [1.54, 1.807) is 13.8 Å². The van der Waals surface area contributed by atoms with Crippen LogP contribution in [0.15, 0.2) is 60.7 Å². The van der Waals surface area contributed by atoms with Gasteiger partial charge in [-0.05, 0) is 36.8 Å². The van der Waals surface area contributed by atoms with Crippen molar-refractivity contribution >= 4 is 23.6 Å². The highest BCUT2D eigenvalue weighted by molar-refractivity contribution is 6.36. The maximum Gasteiger partial charge on any atom is 0.376 e. The minimum atomic E-state index is -1.02. The van der Waals surface area contributed by atoms with E-state index in [4.69, 9.17) is 4.74 Å². The van der Waals surface area contributed by atoms with Gasteiger partial charge in [-0.1, -0.05) is 81.4 Å². The Kier molecular flexibility index (Phi) is 10.5. The summed E-state index contributed by atoms with van der Waals surface area (Å²) in [7, 11) is 0.